The van der Waals surface area contributed by atoms with Gasteiger partial charge in [-0.05, 0) is 12.8 Å². The standard InChI is InChI=1S/C12H20O4/c1-3-5-6-7-15-10-8-16-9(4-2)11(13)12(10)14/h1,9-14H,4-8H2,2H3/t9-,10+,11+,12-/m1/s1. The van der Waals surface area contributed by atoms with Crippen molar-refractivity contribution < 1.29 is 19.7 Å². The molecule has 0 saturated carbocycles. The van der Waals surface area contributed by atoms with Crippen LogP contribution in [0, 0.1) is 12.3 Å². The molecule has 0 spiro atoms. The lowest BCUT2D eigenvalue weighted by molar-refractivity contribution is -0.201. The van der Waals surface area contributed by atoms with E-state index in [1.165, 1.54) is 0 Å². The zero-order chi connectivity index (χ0) is 12.0. The Balaban J connectivity index is 2.31. The van der Waals surface area contributed by atoms with Crippen LogP contribution in [0.15, 0.2) is 0 Å². The Morgan fingerprint density at radius 1 is 1.44 bits per heavy atom. The SMILES string of the molecule is C#CCCCO[C@H]1CO[C@H](CC)[C@H](O)[C@@H]1O. The molecule has 4 nitrogen and oxygen atoms in total. The molecule has 0 radical (unpaired) electrons. The fraction of sp³-hybridized carbons (Fsp3) is 0.833. The molecule has 16 heavy (non-hydrogen) atoms. The summed E-state index contributed by atoms with van der Waals surface area (Å²) in [6, 6.07) is 0. The van der Waals surface area contributed by atoms with Gasteiger partial charge in [-0.3, -0.25) is 0 Å². The van der Waals surface area contributed by atoms with Gasteiger partial charge in [0, 0.05) is 13.0 Å². The van der Waals surface area contributed by atoms with Crippen molar-refractivity contribution in [3.05, 3.63) is 0 Å². The van der Waals surface area contributed by atoms with Crippen molar-refractivity contribution >= 4 is 0 Å². The third-order valence-corrected chi connectivity index (χ3v) is 2.79. The predicted octanol–water partition coefficient (Wildman–Crippen LogP) is 0.316. The highest BCUT2D eigenvalue weighted by atomic mass is 16.6. The van der Waals surface area contributed by atoms with Gasteiger partial charge in [-0.2, -0.15) is 0 Å². The summed E-state index contributed by atoms with van der Waals surface area (Å²) in [7, 11) is 0. The van der Waals surface area contributed by atoms with Crippen molar-refractivity contribution in [2.24, 2.45) is 0 Å². The molecule has 1 rings (SSSR count). The van der Waals surface area contributed by atoms with Crippen LogP contribution in [0.2, 0.25) is 0 Å². The van der Waals surface area contributed by atoms with E-state index in [0.717, 1.165) is 6.42 Å². The van der Waals surface area contributed by atoms with Gasteiger partial charge in [-0.15, -0.1) is 12.3 Å². The van der Waals surface area contributed by atoms with Crippen LogP contribution in [0.4, 0.5) is 0 Å². The fourth-order valence-electron chi connectivity index (χ4n) is 1.77. The number of hydrogen-bond acceptors (Lipinski definition) is 4. The van der Waals surface area contributed by atoms with Crippen LogP contribution in [0.25, 0.3) is 0 Å². The number of aliphatic hydroxyl groups excluding tert-OH is 2. The Labute approximate surface area is 96.6 Å². The zero-order valence-electron chi connectivity index (χ0n) is 9.63. The molecule has 1 aliphatic heterocycles. The monoisotopic (exact) mass is 228 g/mol. The molecule has 0 unspecified atom stereocenters. The summed E-state index contributed by atoms with van der Waals surface area (Å²) < 4.78 is 10.8. The molecule has 2 N–H and O–H groups in total. The molecule has 1 heterocycles. The van der Waals surface area contributed by atoms with Crippen molar-refractivity contribution in [3.8, 4) is 12.3 Å². The number of terminal acetylenes is 1. The van der Waals surface area contributed by atoms with E-state index in [1.807, 2.05) is 6.92 Å². The maximum atomic E-state index is 9.80. The zero-order valence-corrected chi connectivity index (χ0v) is 9.63. The first-order valence-electron chi connectivity index (χ1n) is 5.73. The van der Waals surface area contributed by atoms with Gasteiger partial charge in [-0.1, -0.05) is 6.92 Å². The Morgan fingerprint density at radius 2 is 2.19 bits per heavy atom. The van der Waals surface area contributed by atoms with Gasteiger partial charge in [0.05, 0.1) is 12.7 Å². The van der Waals surface area contributed by atoms with Gasteiger partial charge >= 0.3 is 0 Å². The first-order chi connectivity index (χ1) is 7.70. The van der Waals surface area contributed by atoms with E-state index < -0.39 is 18.3 Å². The predicted molar refractivity (Wildman–Crippen MR) is 59.9 cm³/mol. The van der Waals surface area contributed by atoms with E-state index in [4.69, 9.17) is 15.9 Å². The van der Waals surface area contributed by atoms with Crippen molar-refractivity contribution in [3.63, 3.8) is 0 Å². The van der Waals surface area contributed by atoms with Crippen LogP contribution in [0.5, 0.6) is 0 Å². The van der Waals surface area contributed by atoms with Crippen LogP contribution >= 0.6 is 0 Å². The summed E-state index contributed by atoms with van der Waals surface area (Å²) in [5, 5.41) is 19.5. The van der Waals surface area contributed by atoms with Crippen LogP contribution in [0.3, 0.4) is 0 Å². The number of rotatable bonds is 5. The second-order valence-corrected chi connectivity index (χ2v) is 3.98. The number of unbranched alkanes of at least 4 members (excludes halogenated alkanes) is 1. The number of aliphatic hydroxyl groups is 2. The molecule has 1 aliphatic rings. The number of ether oxygens (including phenoxy) is 2. The molecule has 92 valence electrons. The molecular formula is C12H20O4. The summed E-state index contributed by atoms with van der Waals surface area (Å²) in [5.74, 6) is 2.52. The third kappa shape index (κ3) is 3.46. The molecule has 1 saturated heterocycles. The summed E-state index contributed by atoms with van der Waals surface area (Å²) >= 11 is 0. The van der Waals surface area contributed by atoms with E-state index in [1.54, 1.807) is 0 Å². The Bertz CT molecular complexity index is 236. The van der Waals surface area contributed by atoms with Crippen molar-refractivity contribution in [1.82, 2.24) is 0 Å². The molecule has 4 atom stereocenters. The average Bonchev–Trinajstić information content (AvgIpc) is 2.30. The Hall–Kier alpha value is -0.600. The van der Waals surface area contributed by atoms with Gasteiger partial charge in [-0.25, -0.2) is 0 Å². The van der Waals surface area contributed by atoms with Gasteiger partial charge in [0.15, 0.2) is 0 Å². The molecule has 1 fully saturated rings. The Morgan fingerprint density at radius 3 is 2.81 bits per heavy atom. The van der Waals surface area contributed by atoms with E-state index in [9.17, 15) is 10.2 Å². The summed E-state index contributed by atoms with van der Waals surface area (Å²) in [5.41, 5.74) is 0. The first kappa shape index (κ1) is 13.5. The second kappa shape index (κ2) is 6.87. The van der Waals surface area contributed by atoms with E-state index in [0.29, 0.717) is 26.1 Å². The van der Waals surface area contributed by atoms with Gasteiger partial charge in [0.25, 0.3) is 0 Å². The molecular weight excluding hydrogens is 208 g/mol. The topological polar surface area (TPSA) is 58.9 Å². The highest BCUT2D eigenvalue weighted by Gasteiger charge is 2.37. The van der Waals surface area contributed by atoms with Crippen LogP contribution < -0.4 is 0 Å². The van der Waals surface area contributed by atoms with E-state index in [2.05, 4.69) is 5.92 Å². The molecule has 0 aromatic heterocycles. The normalized spacial score (nSPS) is 34.6. The summed E-state index contributed by atoms with van der Waals surface area (Å²) in [6.45, 7) is 2.72. The van der Waals surface area contributed by atoms with Gasteiger partial charge in [0.1, 0.15) is 18.3 Å². The summed E-state index contributed by atoms with van der Waals surface area (Å²) in [6.07, 6.45) is 4.73. The van der Waals surface area contributed by atoms with Crippen LogP contribution in [-0.2, 0) is 9.47 Å². The maximum absolute atomic E-state index is 9.80. The lowest BCUT2D eigenvalue weighted by Crippen LogP contribution is -2.53. The van der Waals surface area contributed by atoms with Crippen LogP contribution in [-0.4, -0.2) is 47.8 Å². The summed E-state index contributed by atoms with van der Waals surface area (Å²) in [4.78, 5) is 0. The minimum atomic E-state index is -0.871. The lowest BCUT2D eigenvalue weighted by Gasteiger charge is -2.37. The van der Waals surface area contributed by atoms with E-state index in [-0.39, 0.29) is 6.10 Å². The molecule has 0 amide bonds. The maximum Gasteiger partial charge on any atom is 0.111 e. The lowest BCUT2D eigenvalue weighted by atomic mass is 9.98. The molecule has 0 bridgehead atoms. The van der Waals surface area contributed by atoms with Crippen molar-refractivity contribution in [2.45, 2.75) is 50.6 Å². The minimum absolute atomic E-state index is 0.291. The van der Waals surface area contributed by atoms with Crippen molar-refractivity contribution in [2.75, 3.05) is 13.2 Å². The minimum Gasteiger partial charge on any atom is -0.388 e. The molecule has 0 aromatic carbocycles. The average molecular weight is 228 g/mol. The quantitative estimate of drug-likeness (QED) is 0.525. The molecule has 0 aromatic rings. The van der Waals surface area contributed by atoms with Crippen LogP contribution in [0.1, 0.15) is 26.2 Å². The number of hydrogen-bond donors (Lipinski definition) is 2. The molecule has 4 heteroatoms. The largest absolute Gasteiger partial charge is 0.388 e. The molecule has 0 aliphatic carbocycles. The van der Waals surface area contributed by atoms with Crippen molar-refractivity contribution in [1.29, 1.82) is 0 Å². The Kier molecular flexibility index (Phi) is 5.78. The highest BCUT2D eigenvalue weighted by Crippen LogP contribution is 2.20. The van der Waals surface area contributed by atoms with Gasteiger partial charge < -0.3 is 19.7 Å². The second-order valence-electron chi connectivity index (χ2n) is 3.98. The smallest absolute Gasteiger partial charge is 0.111 e. The van der Waals surface area contributed by atoms with Gasteiger partial charge in [0.2, 0.25) is 0 Å². The third-order valence-electron chi connectivity index (χ3n) is 2.79. The van der Waals surface area contributed by atoms with E-state index >= 15 is 0 Å². The first-order valence-corrected chi connectivity index (χ1v) is 5.73. The highest BCUT2D eigenvalue weighted by molar-refractivity contribution is 4.87. The fourth-order valence-corrected chi connectivity index (χ4v) is 1.77.